The molecular weight excluding hydrogens is 334 g/mol. The van der Waals surface area contributed by atoms with E-state index in [1.54, 1.807) is 13.3 Å². The highest BCUT2D eigenvalue weighted by Gasteiger charge is 2.23. The fourth-order valence-corrected chi connectivity index (χ4v) is 3.79. The van der Waals surface area contributed by atoms with E-state index >= 15 is 0 Å². The van der Waals surface area contributed by atoms with Crippen molar-refractivity contribution in [1.82, 2.24) is 4.98 Å². The molecule has 138 valence electrons. The topological polar surface area (TPSA) is 37.4 Å². The Kier molecular flexibility index (Phi) is 4.97. The molecule has 1 aliphatic carbocycles. The maximum Gasteiger partial charge on any atom is 0.120 e. The first-order valence-electron chi connectivity index (χ1n) is 9.39. The second-order valence-electron chi connectivity index (χ2n) is 7.00. The molecule has 3 aromatic rings. The predicted octanol–water partition coefficient (Wildman–Crippen LogP) is 5.00. The molecule has 0 bridgehead atoms. The number of hydrogen-bond acceptors (Lipinski definition) is 4. The van der Waals surface area contributed by atoms with Gasteiger partial charge in [-0.25, -0.2) is 0 Å². The van der Waals surface area contributed by atoms with Crippen molar-refractivity contribution in [2.75, 3.05) is 30.9 Å². The maximum absolute atomic E-state index is 5.35. The molecule has 0 saturated carbocycles. The van der Waals surface area contributed by atoms with Gasteiger partial charge in [0.05, 0.1) is 12.8 Å². The van der Waals surface area contributed by atoms with Crippen LogP contribution in [0.15, 0.2) is 67.0 Å². The summed E-state index contributed by atoms with van der Waals surface area (Å²) in [5, 5.41) is 3.52. The first-order chi connectivity index (χ1) is 13.2. The second-order valence-corrected chi connectivity index (χ2v) is 7.00. The van der Waals surface area contributed by atoms with E-state index in [-0.39, 0.29) is 0 Å². The van der Waals surface area contributed by atoms with Crippen molar-refractivity contribution < 1.29 is 4.74 Å². The molecule has 4 rings (SSSR count). The Hall–Kier alpha value is -3.01. The molecule has 0 radical (unpaired) electrons. The average Bonchev–Trinajstić information content (AvgIpc) is 3.14. The van der Waals surface area contributed by atoms with Crippen LogP contribution in [0, 0.1) is 0 Å². The SMILES string of the molecule is COc1cccc(N(C)c2ccc3c(c2)CC[C@H]3CNc2cccnc2)c1. The van der Waals surface area contributed by atoms with Crippen molar-refractivity contribution >= 4 is 17.1 Å². The Balaban J connectivity index is 1.49. The largest absolute Gasteiger partial charge is 0.497 e. The minimum absolute atomic E-state index is 0.552. The zero-order chi connectivity index (χ0) is 18.6. The van der Waals surface area contributed by atoms with Gasteiger partial charge in [-0.3, -0.25) is 4.98 Å². The van der Waals surface area contributed by atoms with Gasteiger partial charge in [0, 0.05) is 49.3 Å². The Labute approximate surface area is 160 Å². The molecule has 1 heterocycles. The van der Waals surface area contributed by atoms with E-state index in [2.05, 4.69) is 58.6 Å². The van der Waals surface area contributed by atoms with Crippen molar-refractivity contribution in [2.45, 2.75) is 18.8 Å². The van der Waals surface area contributed by atoms with Crippen LogP contribution in [-0.4, -0.2) is 25.7 Å². The van der Waals surface area contributed by atoms with Crippen LogP contribution in [0.25, 0.3) is 0 Å². The molecule has 0 fully saturated rings. The van der Waals surface area contributed by atoms with Crippen molar-refractivity contribution in [3.63, 3.8) is 0 Å². The molecule has 0 spiro atoms. The Morgan fingerprint density at radius 1 is 1.11 bits per heavy atom. The van der Waals surface area contributed by atoms with Gasteiger partial charge in [-0.05, 0) is 60.4 Å². The van der Waals surface area contributed by atoms with Gasteiger partial charge in [-0.2, -0.15) is 0 Å². The number of benzene rings is 2. The van der Waals surface area contributed by atoms with Gasteiger partial charge in [0.25, 0.3) is 0 Å². The van der Waals surface area contributed by atoms with Gasteiger partial charge in [0.15, 0.2) is 0 Å². The number of ether oxygens (including phenoxy) is 1. The molecule has 0 unspecified atom stereocenters. The fourth-order valence-electron chi connectivity index (χ4n) is 3.79. The van der Waals surface area contributed by atoms with Crippen LogP contribution < -0.4 is 15.0 Å². The normalized spacial score (nSPS) is 15.3. The van der Waals surface area contributed by atoms with Crippen LogP contribution in [0.5, 0.6) is 5.75 Å². The van der Waals surface area contributed by atoms with Gasteiger partial charge < -0.3 is 15.0 Å². The number of nitrogens with zero attached hydrogens (tertiary/aromatic N) is 2. The minimum Gasteiger partial charge on any atom is -0.497 e. The predicted molar refractivity (Wildman–Crippen MR) is 111 cm³/mol. The first kappa shape index (κ1) is 17.4. The van der Waals surface area contributed by atoms with Crippen molar-refractivity contribution in [2.24, 2.45) is 0 Å². The number of aryl methyl sites for hydroxylation is 1. The Bertz CT molecular complexity index is 911. The number of hydrogen-bond donors (Lipinski definition) is 1. The number of anilines is 3. The third-order valence-electron chi connectivity index (χ3n) is 5.37. The summed E-state index contributed by atoms with van der Waals surface area (Å²) in [6.07, 6.45) is 6.00. The summed E-state index contributed by atoms with van der Waals surface area (Å²) in [4.78, 5) is 6.38. The monoisotopic (exact) mass is 359 g/mol. The van der Waals surface area contributed by atoms with E-state index in [4.69, 9.17) is 4.74 Å². The first-order valence-corrected chi connectivity index (χ1v) is 9.39. The summed E-state index contributed by atoms with van der Waals surface area (Å²) >= 11 is 0. The Morgan fingerprint density at radius 2 is 2.00 bits per heavy atom. The summed E-state index contributed by atoms with van der Waals surface area (Å²) in [6, 6.07) is 19.0. The van der Waals surface area contributed by atoms with E-state index in [9.17, 15) is 0 Å². The molecule has 0 aliphatic heterocycles. The van der Waals surface area contributed by atoms with E-state index < -0.39 is 0 Å². The quantitative estimate of drug-likeness (QED) is 0.672. The van der Waals surface area contributed by atoms with Crippen LogP contribution in [-0.2, 0) is 6.42 Å². The summed E-state index contributed by atoms with van der Waals surface area (Å²) in [7, 11) is 3.81. The maximum atomic E-state index is 5.35. The third-order valence-corrected chi connectivity index (χ3v) is 5.37. The van der Waals surface area contributed by atoms with Crippen molar-refractivity contribution in [3.05, 3.63) is 78.1 Å². The van der Waals surface area contributed by atoms with Crippen LogP contribution in [0.2, 0.25) is 0 Å². The number of fused-ring (bicyclic) bond motifs is 1. The molecule has 4 heteroatoms. The zero-order valence-corrected chi connectivity index (χ0v) is 15.9. The molecule has 0 amide bonds. The van der Waals surface area contributed by atoms with E-state index in [0.29, 0.717) is 5.92 Å². The highest BCUT2D eigenvalue weighted by atomic mass is 16.5. The molecular formula is C23H25N3O. The third kappa shape index (κ3) is 3.75. The molecule has 27 heavy (non-hydrogen) atoms. The molecule has 1 aromatic heterocycles. The fraction of sp³-hybridized carbons (Fsp3) is 0.261. The number of rotatable bonds is 6. The van der Waals surface area contributed by atoms with Crippen LogP contribution >= 0.6 is 0 Å². The Morgan fingerprint density at radius 3 is 2.81 bits per heavy atom. The number of aromatic nitrogens is 1. The highest BCUT2D eigenvalue weighted by molar-refractivity contribution is 5.65. The van der Waals surface area contributed by atoms with Crippen LogP contribution in [0.1, 0.15) is 23.5 Å². The molecule has 1 aliphatic rings. The van der Waals surface area contributed by atoms with Gasteiger partial charge in [0.2, 0.25) is 0 Å². The summed E-state index contributed by atoms with van der Waals surface area (Å²) in [5.41, 5.74) is 6.35. The molecule has 0 saturated heterocycles. The van der Waals surface area contributed by atoms with Gasteiger partial charge in [-0.15, -0.1) is 0 Å². The van der Waals surface area contributed by atoms with Crippen molar-refractivity contribution in [3.8, 4) is 5.75 Å². The number of pyridine rings is 1. The van der Waals surface area contributed by atoms with Crippen LogP contribution in [0.4, 0.5) is 17.1 Å². The summed E-state index contributed by atoms with van der Waals surface area (Å²) < 4.78 is 5.35. The number of methoxy groups -OCH3 is 1. The zero-order valence-electron chi connectivity index (χ0n) is 15.9. The lowest BCUT2D eigenvalue weighted by Crippen LogP contribution is -2.11. The molecule has 2 aromatic carbocycles. The van der Waals surface area contributed by atoms with E-state index in [1.807, 2.05) is 24.4 Å². The van der Waals surface area contributed by atoms with Crippen molar-refractivity contribution in [1.29, 1.82) is 0 Å². The average molecular weight is 359 g/mol. The standard InChI is InChI=1S/C23H25N3O/c1-26(20-6-3-7-22(14-20)27-2)21-10-11-23-17(13-21)8-9-18(23)15-25-19-5-4-12-24-16-19/h3-7,10-14,16,18,25H,8-9,15H2,1-2H3/t18-/m0/s1. The van der Waals surface area contributed by atoms with E-state index in [1.165, 1.54) is 23.2 Å². The lowest BCUT2D eigenvalue weighted by atomic mass is 10.0. The molecule has 1 atom stereocenters. The van der Waals surface area contributed by atoms with Gasteiger partial charge >= 0.3 is 0 Å². The second kappa shape index (κ2) is 7.70. The smallest absolute Gasteiger partial charge is 0.120 e. The lowest BCUT2D eigenvalue weighted by molar-refractivity contribution is 0.415. The minimum atomic E-state index is 0.552. The highest BCUT2D eigenvalue weighted by Crippen LogP contribution is 2.37. The van der Waals surface area contributed by atoms with Gasteiger partial charge in [-0.1, -0.05) is 12.1 Å². The summed E-state index contributed by atoms with van der Waals surface area (Å²) in [6.45, 7) is 0.948. The van der Waals surface area contributed by atoms with E-state index in [0.717, 1.165) is 30.1 Å². The molecule has 4 nitrogen and oxygen atoms in total. The van der Waals surface area contributed by atoms with Gasteiger partial charge in [0.1, 0.15) is 5.75 Å². The summed E-state index contributed by atoms with van der Waals surface area (Å²) in [5.74, 6) is 1.43. The number of nitrogens with one attached hydrogen (secondary N) is 1. The lowest BCUT2D eigenvalue weighted by Gasteiger charge is -2.21. The molecule has 1 N–H and O–H groups in total. The van der Waals surface area contributed by atoms with Crippen LogP contribution in [0.3, 0.4) is 0 Å².